The van der Waals surface area contributed by atoms with E-state index in [-0.39, 0.29) is 29.1 Å². The summed E-state index contributed by atoms with van der Waals surface area (Å²) >= 11 is 1.24. The number of anilines is 1. The summed E-state index contributed by atoms with van der Waals surface area (Å²) in [6.45, 7) is 2.93. The lowest BCUT2D eigenvalue weighted by molar-refractivity contribution is -0.135. The Balaban J connectivity index is 0.000000178. The number of benzene rings is 3. The molecule has 2 aliphatic rings. The first kappa shape index (κ1) is 37.7. The molecule has 4 aromatic rings. The van der Waals surface area contributed by atoms with Crippen LogP contribution in [0.1, 0.15) is 51.9 Å². The van der Waals surface area contributed by atoms with Crippen molar-refractivity contribution in [2.45, 2.75) is 57.9 Å². The summed E-state index contributed by atoms with van der Waals surface area (Å²) in [4.78, 5) is 55.5. The number of primary amides is 1. The Morgan fingerprint density at radius 1 is 1.02 bits per heavy atom. The van der Waals surface area contributed by atoms with Gasteiger partial charge in [-0.05, 0) is 74.4 Å². The Morgan fingerprint density at radius 2 is 1.78 bits per heavy atom. The molecule has 0 radical (unpaired) electrons. The minimum Gasteiger partial charge on any atom is -0.497 e. The molecule has 50 heavy (non-hydrogen) atoms. The fourth-order valence-electron chi connectivity index (χ4n) is 5.45. The summed E-state index contributed by atoms with van der Waals surface area (Å²) in [5.41, 5.74) is 9.56. The molecular weight excluding hydrogens is 655 g/mol. The second-order valence-corrected chi connectivity index (χ2v) is 13.1. The normalized spacial score (nSPS) is 17.6. The number of ether oxygens (including phenoxy) is 1. The number of likely N-dealkylation sites (tertiary alicyclic amines) is 1. The van der Waals surface area contributed by atoms with Crippen molar-refractivity contribution in [2.24, 2.45) is 17.6 Å². The Bertz CT molecular complexity index is 1720. The molecular formula is C38H47N5O6S. The lowest BCUT2D eigenvalue weighted by Crippen LogP contribution is -2.45. The minimum absolute atomic E-state index is 0.0150. The smallest absolute Gasteiger partial charge is 0.305 e. The van der Waals surface area contributed by atoms with Gasteiger partial charge in [0.25, 0.3) is 5.91 Å². The number of nitrogens with zero attached hydrogens (tertiary/aromatic N) is 1. The number of allylic oxidation sites excluding steroid dienone is 2. The SMILES string of the molecule is CCCCC/C=C\C1C[C@@H]1C(=O)NOc1ccccc1.COc1cccc(NCC(=O)N2CCCC2C(N)=O)c1.O=c1[nH]c2ccccc2s1. The van der Waals surface area contributed by atoms with E-state index in [4.69, 9.17) is 15.3 Å². The lowest BCUT2D eigenvalue weighted by atomic mass is 10.2. The number of carbonyl (C=O) groups is 3. The van der Waals surface area contributed by atoms with Crippen molar-refractivity contribution in [1.82, 2.24) is 15.4 Å². The summed E-state index contributed by atoms with van der Waals surface area (Å²) in [5.74, 6) is 1.30. The van der Waals surface area contributed by atoms with Gasteiger partial charge in [0, 0.05) is 24.2 Å². The van der Waals surface area contributed by atoms with Crippen LogP contribution in [0.4, 0.5) is 5.69 Å². The number of thiazole rings is 1. The Labute approximate surface area is 296 Å². The fourth-order valence-corrected chi connectivity index (χ4v) is 6.19. The molecule has 1 saturated carbocycles. The van der Waals surface area contributed by atoms with Gasteiger partial charge in [-0.25, -0.2) is 0 Å². The van der Waals surface area contributed by atoms with Crippen molar-refractivity contribution in [3.05, 3.63) is 101 Å². The topological polar surface area (TPSA) is 156 Å². The highest BCUT2D eigenvalue weighted by Gasteiger charge is 2.41. The van der Waals surface area contributed by atoms with Gasteiger partial charge in [-0.3, -0.25) is 19.2 Å². The van der Waals surface area contributed by atoms with Crippen molar-refractivity contribution < 1.29 is 24.0 Å². The summed E-state index contributed by atoms with van der Waals surface area (Å²) in [5, 5.41) is 3.03. The first-order valence-electron chi connectivity index (χ1n) is 17.0. The zero-order chi connectivity index (χ0) is 35.7. The van der Waals surface area contributed by atoms with Gasteiger partial charge in [0.2, 0.25) is 11.8 Å². The average molecular weight is 702 g/mol. The summed E-state index contributed by atoms with van der Waals surface area (Å²) in [7, 11) is 1.59. The van der Waals surface area contributed by atoms with Crippen LogP contribution in [-0.4, -0.2) is 53.8 Å². The van der Waals surface area contributed by atoms with Crippen LogP contribution in [0, 0.1) is 11.8 Å². The first-order valence-corrected chi connectivity index (χ1v) is 17.8. The number of para-hydroxylation sites is 2. The number of carbonyl (C=O) groups excluding carboxylic acids is 3. The summed E-state index contributed by atoms with van der Waals surface area (Å²) in [6, 6.07) is 23.8. The molecule has 1 aliphatic heterocycles. The van der Waals surface area contributed by atoms with Crippen LogP contribution in [0.25, 0.3) is 10.2 Å². The molecule has 12 heteroatoms. The van der Waals surface area contributed by atoms with E-state index in [0.29, 0.717) is 24.6 Å². The maximum absolute atomic E-state index is 12.1. The molecule has 266 valence electrons. The molecule has 3 atom stereocenters. The van der Waals surface area contributed by atoms with Crippen molar-refractivity contribution in [2.75, 3.05) is 25.5 Å². The number of hydroxylamine groups is 1. The fraction of sp³-hybridized carbons (Fsp3) is 0.368. The number of unbranched alkanes of at least 4 members (excludes halogenated alkanes) is 3. The number of aromatic amines is 1. The Kier molecular flexibility index (Phi) is 14.9. The summed E-state index contributed by atoms with van der Waals surface area (Å²) < 4.78 is 6.13. The van der Waals surface area contributed by atoms with E-state index in [2.05, 4.69) is 34.9 Å². The van der Waals surface area contributed by atoms with Gasteiger partial charge in [-0.2, -0.15) is 5.48 Å². The predicted octanol–water partition coefficient (Wildman–Crippen LogP) is 6.04. The zero-order valence-corrected chi connectivity index (χ0v) is 29.5. The number of hydrogen-bond acceptors (Lipinski definition) is 8. The highest BCUT2D eigenvalue weighted by molar-refractivity contribution is 7.16. The second kappa shape index (κ2) is 19.8. The number of hydrogen-bond donors (Lipinski definition) is 4. The van der Waals surface area contributed by atoms with Gasteiger partial charge < -0.3 is 30.5 Å². The summed E-state index contributed by atoms with van der Waals surface area (Å²) in [6.07, 6.45) is 11.7. The molecule has 1 aliphatic carbocycles. The van der Waals surface area contributed by atoms with E-state index in [1.807, 2.05) is 78.9 Å². The number of nitrogens with one attached hydrogen (secondary N) is 3. The number of H-pyrrole nitrogens is 1. The lowest BCUT2D eigenvalue weighted by Gasteiger charge is -2.22. The van der Waals surface area contributed by atoms with Crippen molar-refractivity contribution in [3.63, 3.8) is 0 Å². The van der Waals surface area contributed by atoms with Crippen LogP contribution >= 0.6 is 11.3 Å². The first-order chi connectivity index (χ1) is 24.3. The molecule has 11 nitrogen and oxygen atoms in total. The van der Waals surface area contributed by atoms with Crippen LogP contribution in [0.5, 0.6) is 11.5 Å². The van der Waals surface area contributed by atoms with E-state index in [1.165, 1.54) is 30.6 Å². The molecule has 5 N–H and O–H groups in total. The highest BCUT2D eigenvalue weighted by atomic mass is 32.1. The van der Waals surface area contributed by atoms with Crippen molar-refractivity contribution in [3.8, 4) is 11.5 Å². The maximum atomic E-state index is 12.1. The molecule has 2 fully saturated rings. The average Bonchev–Trinajstić information content (AvgIpc) is 3.53. The predicted molar refractivity (Wildman–Crippen MR) is 198 cm³/mol. The van der Waals surface area contributed by atoms with Crippen LogP contribution in [0.2, 0.25) is 0 Å². The number of nitrogens with two attached hydrogens (primary N) is 1. The molecule has 0 bridgehead atoms. The van der Waals surface area contributed by atoms with Gasteiger partial charge in [0.1, 0.15) is 11.8 Å². The molecule has 3 amide bonds. The van der Waals surface area contributed by atoms with Crippen LogP contribution < -0.4 is 31.0 Å². The van der Waals surface area contributed by atoms with E-state index < -0.39 is 11.9 Å². The van der Waals surface area contributed by atoms with Gasteiger partial charge in [0.05, 0.1) is 23.9 Å². The monoisotopic (exact) mass is 701 g/mol. The van der Waals surface area contributed by atoms with Gasteiger partial charge in [0.15, 0.2) is 5.75 Å². The van der Waals surface area contributed by atoms with Crippen LogP contribution in [0.3, 0.4) is 0 Å². The van der Waals surface area contributed by atoms with Crippen molar-refractivity contribution in [1.29, 1.82) is 0 Å². The largest absolute Gasteiger partial charge is 0.497 e. The van der Waals surface area contributed by atoms with Crippen LogP contribution in [0.15, 0.2) is 95.8 Å². The maximum Gasteiger partial charge on any atom is 0.305 e. The zero-order valence-electron chi connectivity index (χ0n) is 28.6. The highest BCUT2D eigenvalue weighted by Crippen LogP contribution is 2.40. The minimum atomic E-state index is -0.463. The number of rotatable bonds is 13. The number of aromatic nitrogens is 1. The van der Waals surface area contributed by atoms with Gasteiger partial charge in [-0.15, -0.1) is 0 Å². The van der Waals surface area contributed by atoms with Gasteiger partial charge in [-0.1, -0.05) is 79.7 Å². The van der Waals surface area contributed by atoms with E-state index in [1.54, 1.807) is 12.0 Å². The quantitative estimate of drug-likeness (QED) is 0.0752. The number of amides is 3. The molecule has 1 saturated heterocycles. The number of methoxy groups -OCH3 is 1. The molecule has 6 rings (SSSR count). The Morgan fingerprint density at radius 3 is 2.52 bits per heavy atom. The molecule has 2 unspecified atom stereocenters. The third-order valence-electron chi connectivity index (χ3n) is 8.29. The van der Waals surface area contributed by atoms with Crippen molar-refractivity contribution >= 4 is 45.0 Å². The van der Waals surface area contributed by atoms with Crippen LogP contribution in [-0.2, 0) is 14.4 Å². The number of fused-ring (bicyclic) bond motifs is 1. The third kappa shape index (κ3) is 12.1. The standard InChI is InChI=1S/C17H23NO2.C14H19N3O3.C7H5NOS/c1-2-3-4-5-7-10-14-13-16(14)17(19)18-20-15-11-8-6-9-12-15;1-20-11-5-2-4-10(8-11)16-9-13(18)17-7-3-6-12(17)14(15)19;9-7-8-5-3-1-2-4-6(5)10-7/h6-12,14,16H,2-5,13H2,1H3,(H,18,19);2,4-5,8,12,16H,3,6-7,9H2,1H3,(H2,15,19);1-4H,(H,8,9)/b10-7-;;/t14?,16-;;/m0../s1. The Hall–Kier alpha value is -5.10. The van der Waals surface area contributed by atoms with Gasteiger partial charge >= 0.3 is 4.87 Å². The molecule has 1 aromatic heterocycles. The van der Waals surface area contributed by atoms with E-state index in [9.17, 15) is 19.2 Å². The molecule has 0 spiro atoms. The van der Waals surface area contributed by atoms with E-state index >= 15 is 0 Å². The van der Waals surface area contributed by atoms with E-state index in [0.717, 1.165) is 40.9 Å². The third-order valence-corrected chi connectivity index (χ3v) is 9.15. The second-order valence-electron chi connectivity index (χ2n) is 12.1. The molecule has 3 aromatic carbocycles. The molecule has 2 heterocycles.